The number of hydrogen-bond donors (Lipinski definition) is 1. The van der Waals surface area contributed by atoms with E-state index < -0.39 is 23.4 Å². The van der Waals surface area contributed by atoms with Gasteiger partial charge in [-0.3, -0.25) is 4.79 Å². The van der Waals surface area contributed by atoms with Crippen LogP contribution in [0.3, 0.4) is 0 Å². The molecule has 1 aliphatic rings. The van der Waals surface area contributed by atoms with E-state index in [-0.39, 0.29) is 12.3 Å². The van der Waals surface area contributed by atoms with Gasteiger partial charge in [-0.05, 0) is 62.9 Å². The van der Waals surface area contributed by atoms with Gasteiger partial charge in [0.15, 0.2) is 5.70 Å². The minimum absolute atomic E-state index is 0.103. The normalized spacial score (nSPS) is 15.6. The molecule has 2 aromatic carbocycles. The minimum atomic E-state index is -4.79. The molecule has 2 aromatic rings. The van der Waals surface area contributed by atoms with Crippen LogP contribution in [0.5, 0.6) is 5.75 Å². The summed E-state index contributed by atoms with van der Waals surface area (Å²) in [6.07, 6.45) is -1.29. The number of methoxy groups -OCH3 is 1. The number of nitrogens with zero attached hydrogens (tertiary/aromatic N) is 2. The van der Waals surface area contributed by atoms with E-state index in [2.05, 4.69) is 15.2 Å². The van der Waals surface area contributed by atoms with Gasteiger partial charge in [0.1, 0.15) is 5.75 Å². The molecule has 182 valence electrons. The van der Waals surface area contributed by atoms with Crippen LogP contribution in [0.25, 0.3) is 0 Å². The Morgan fingerprint density at radius 2 is 1.76 bits per heavy atom. The Morgan fingerprint density at radius 1 is 1.06 bits per heavy atom. The second-order valence-corrected chi connectivity index (χ2v) is 8.27. The van der Waals surface area contributed by atoms with Crippen molar-refractivity contribution in [3.05, 3.63) is 70.9 Å². The van der Waals surface area contributed by atoms with Crippen molar-refractivity contribution in [1.29, 1.82) is 0 Å². The van der Waals surface area contributed by atoms with Gasteiger partial charge in [0.05, 0.1) is 7.11 Å². The number of carbonyl (C=O) groups excluding carboxylic acids is 1. The Balaban J connectivity index is 1.80. The molecule has 0 saturated carbocycles. The average Bonchev–Trinajstić information content (AvgIpc) is 2.85. The Kier molecular flexibility index (Phi) is 8.36. The molecule has 3 rings (SSSR count). The SMILES string of the molecule is COc1ccccc1C(C)=N/C(=C(\C)C(=O)NCc1cccc(N2CCCCC2)c1)C(F)(F)F. The van der Waals surface area contributed by atoms with E-state index in [1.165, 1.54) is 20.5 Å². The highest BCUT2D eigenvalue weighted by atomic mass is 19.4. The van der Waals surface area contributed by atoms with Gasteiger partial charge in [-0.2, -0.15) is 13.2 Å². The highest BCUT2D eigenvalue weighted by Crippen LogP contribution is 2.31. The predicted molar refractivity (Wildman–Crippen MR) is 128 cm³/mol. The van der Waals surface area contributed by atoms with Crippen LogP contribution < -0.4 is 15.0 Å². The molecule has 1 fully saturated rings. The van der Waals surface area contributed by atoms with Crippen molar-refractivity contribution in [1.82, 2.24) is 5.32 Å². The van der Waals surface area contributed by atoms with E-state index >= 15 is 0 Å². The molecule has 34 heavy (non-hydrogen) atoms. The third-order valence-electron chi connectivity index (χ3n) is 5.83. The molecule has 0 aromatic heterocycles. The highest BCUT2D eigenvalue weighted by molar-refractivity contribution is 6.02. The van der Waals surface area contributed by atoms with Crippen LogP contribution in [0.2, 0.25) is 0 Å². The Hall–Kier alpha value is -3.29. The fourth-order valence-electron chi connectivity index (χ4n) is 3.97. The number of amides is 1. The maximum Gasteiger partial charge on any atom is 0.433 e. The summed E-state index contributed by atoms with van der Waals surface area (Å²) in [6, 6.07) is 14.4. The van der Waals surface area contributed by atoms with Crippen molar-refractivity contribution < 1.29 is 22.7 Å². The number of piperidine rings is 1. The predicted octanol–water partition coefficient (Wildman–Crippen LogP) is 5.65. The van der Waals surface area contributed by atoms with Crippen molar-refractivity contribution in [2.75, 3.05) is 25.1 Å². The monoisotopic (exact) mass is 473 g/mol. The number of halogens is 3. The number of carbonyl (C=O) groups is 1. The first-order valence-corrected chi connectivity index (χ1v) is 11.3. The maximum absolute atomic E-state index is 13.8. The van der Waals surface area contributed by atoms with Crippen molar-refractivity contribution in [3.8, 4) is 5.75 Å². The topological polar surface area (TPSA) is 53.9 Å². The van der Waals surface area contributed by atoms with Crippen LogP contribution in [-0.4, -0.2) is 38.0 Å². The largest absolute Gasteiger partial charge is 0.496 e. The molecular weight excluding hydrogens is 443 g/mol. The molecule has 1 aliphatic heterocycles. The van der Waals surface area contributed by atoms with Gasteiger partial charge in [0.2, 0.25) is 5.91 Å². The van der Waals surface area contributed by atoms with Crippen LogP contribution in [0.1, 0.15) is 44.2 Å². The Morgan fingerprint density at radius 3 is 2.44 bits per heavy atom. The zero-order valence-electron chi connectivity index (χ0n) is 19.7. The molecule has 1 amide bonds. The van der Waals surface area contributed by atoms with Crippen molar-refractivity contribution in [3.63, 3.8) is 0 Å². The zero-order valence-corrected chi connectivity index (χ0v) is 19.7. The second kappa shape index (κ2) is 11.2. The molecule has 8 heteroatoms. The summed E-state index contributed by atoms with van der Waals surface area (Å²) in [5.74, 6) is -0.409. The zero-order chi connectivity index (χ0) is 24.7. The first-order valence-electron chi connectivity index (χ1n) is 11.3. The molecule has 0 bridgehead atoms. The number of ether oxygens (including phenoxy) is 1. The summed E-state index contributed by atoms with van der Waals surface area (Å²) in [4.78, 5) is 18.7. The van der Waals surface area contributed by atoms with E-state index in [1.807, 2.05) is 24.3 Å². The standard InChI is InChI=1S/C26H30F3N3O2/c1-18(24(26(27,28)29)31-19(2)22-12-5-6-13-23(22)34-3)25(33)30-17-20-10-9-11-21(16-20)32-14-7-4-8-15-32/h5-6,9-13,16H,4,7-8,14-15,17H2,1-3H3,(H,30,33)/b24-18+,31-19?. The van der Waals surface area contributed by atoms with Gasteiger partial charge in [-0.1, -0.05) is 24.3 Å². The Labute approximate surface area is 198 Å². The molecule has 0 spiro atoms. The van der Waals surface area contributed by atoms with Gasteiger partial charge >= 0.3 is 6.18 Å². The molecule has 5 nitrogen and oxygen atoms in total. The van der Waals surface area contributed by atoms with E-state index in [1.54, 1.807) is 24.3 Å². The van der Waals surface area contributed by atoms with E-state index in [0.29, 0.717) is 11.3 Å². The third-order valence-corrected chi connectivity index (χ3v) is 5.83. The van der Waals surface area contributed by atoms with Gasteiger partial charge in [-0.25, -0.2) is 4.99 Å². The van der Waals surface area contributed by atoms with Gasteiger partial charge in [-0.15, -0.1) is 0 Å². The molecule has 1 heterocycles. The lowest BCUT2D eigenvalue weighted by Gasteiger charge is -2.29. The van der Waals surface area contributed by atoms with Crippen LogP contribution >= 0.6 is 0 Å². The fraction of sp³-hybridized carbons (Fsp3) is 0.385. The number of allylic oxidation sites excluding steroid dienone is 1. The van der Waals surface area contributed by atoms with Crippen LogP contribution in [-0.2, 0) is 11.3 Å². The second-order valence-electron chi connectivity index (χ2n) is 8.27. The highest BCUT2D eigenvalue weighted by Gasteiger charge is 2.37. The third kappa shape index (κ3) is 6.40. The summed E-state index contributed by atoms with van der Waals surface area (Å²) in [6.45, 7) is 4.69. The summed E-state index contributed by atoms with van der Waals surface area (Å²) in [5, 5.41) is 2.61. The average molecular weight is 474 g/mol. The van der Waals surface area contributed by atoms with E-state index in [0.717, 1.165) is 44.1 Å². The Bertz CT molecular complexity index is 1070. The lowest BCUT2D eigenvalue weighted by molar-refractivity contribution is -0.119. The lowest BCUT2D eigenvalue weighted by Crippen LogP contribution is -2.30. The first-order chi connectivity index (χ1) is 16.2. The first kappa shape index (κ1) is 25.3. The van der Waals surface area contributed by atoms with Crippen LogP contribution in [0.15, 0.2) is 64.8 Å². The van der Waals surface area contributed by atoms with Crippen LogP contribution in [0, 0.1) is 0 Å². The van der Waals surface area contributed by atoms with Crippen molar-refractivity contribution in [2.24, 2.45) is 4.99 Å². The molecule has 0 radical (unpaired) electrons. The maximum atomic E-state index is 13.8. The fourth-order valence-corrected chi connectivity index (χ4v) is 3.97. The smallest absolute Gasteiger partial charge is 0.433 e. The minimum Gasteiger partial charge on any atom is -0.496 e. The molecular formula is C26H30F3N3O2. The van der Waals surface area contributed by atoms with Crippen LogP contribution in [0.4, 0.5) is 18.9 Å². The number of para-hydroxylation sites is 1. The number of alkyl halides is 3. The number of anilines is 1. The number of rotatable bonds is 7. The summed E-state index contributed by atoms with van der Waals surface area (Å²) in [7, 11) is 1.44. The van der Waals surface area contributed by atoms with Gasteiger partial charge in [0, 0.05) is 42.2 Å². The summed E-state index contributed by atoms with van der Waals surface area (Å²) >= 11 is 0. The number of benzene rings is 2. The number of nitrogens with one attached hydrogen (secondary N) is 1. The van der Waals surface area contributed by atoms with E-state index in [9.17, 15) is 18.0 Å². The van der Waals surface area contributed by atoms with Gasteiger partial charge in [0.25, 0.3) is 0 Å². The van der Waals surface area contributed by atoms with Gasteiger partial charge < -0.3 is 15.0 Å². The number of aliphatic imine (C=N–C) groups is 1. The molecule has 1 saturated heterocycles. The lowest BCUT2D eigenvalue weighted by atomic mass is 10.1. The molecule has 0 unspecified atom stereocenters. The molecule has 0 aliphatic carbocycles. The quantitative estimate of drug-likeness (QED) is 0.418. The summed E-state index contributed by atoms with van der Waals surface area (Å²) in [5.41, 5.74) is 0.697. The van der Waals surface area contributed by atoms with Crippen molar-refractivity contribution >= 4 is 17.3 Å². The van der Waals surface area contributed by atoms with E-state index in [4.69, 9.17) is 4.74 Å². The molecule has 1 N–H and O–H groups in total. The molecule has 0 atom stereocenters. The summed E-state index contributed by atoms with van der Waals surface area (Å²) < 4.78 is 46.7. The van der Waals surface area contributed by atoms with Crippen molar-refractivity contribution in [2.45, 2.75) is 45.8 Å². The number of hydrogen-bond acceptors (Lipinski definition) is 4.